The second-order valence-corrected chi connectivity index (χ2v) is 13.7. The molecule has 0 radical (unpaired) electrons. The molecule has 1 unspecified atom stereocenters. The first kappa shape index (κ1) is 33.9. The van der Waals surface area contributed by atoms with Gasteiger partial charge in [0, 0.05) is 42.0 Å². The molecule has 226 valence electrons. The number of rotatable bonds is 15. The molecular formula is C31H36BrCl2N3O4S. The second kappa shape index (κ2) is 16.3. The Morgan fingerprint density at radius 1 is 0.952 bits per heavy atom. The van der Waals surface area contributed by atoms with E-state index in [-0.39, 0.29) is 48.5 Å². The van der Waals surface area contributed by atoms with Gasteiger partial charge < -0.3 is 10.2 Å². The maximum absolute atomic E-state index is 13.9. The number of nitrogens with one attached hydrogen (secondary N) is 1. The van der Waals surface area contributed by atoms with E-state index in [2.05, 4.69) is 21.2 Å². The van der Waals surface area contributed by atoms with Crippen LogP contribution in [0.5, 0.6) is 0 Å². The highest BCUT2D eigenvalue weighted by Gasteiger charge is 2.30. The summed E-state index contributed by atoms with van der Waals surface area (Å²) in [6, 6.07) is 21.0. The Hall–Kier alpha value is -2.59. The minimum atomic E-state index is -3.72. The van der Waals surface area contributed by atoms with Crippen molar-refractivity contribution in [3.8, 4) is 0 Å². The maximum atomic E-state index is 13.9. The fourth-order valence-electron chi connectivity index (χ4n) is 4.55. The first-order valence-electron chi connectivity index (χ1n) is 13.8. The van der Waals surface area contributed by atoms with Gasteiger partial charge in [-0.2, -0.15) is 0 Å². The lowest BCUT2D eigenvalue weighted by atomic mass is 10.0. The summed E-state index contributed by atoms with van der Waals surface area (Å²) >= 11 is 15.9. The van der Waals surface area contributed by atoms with Crippen LogP contribution in [0.4, 0.5) is 5.69 Å². The zero-order chi connectivity index (χ0) is 30.7. The highest BCUT2D eigenvalue weighted by molar-refractivity contribution is 9.10. The van der Waals surface area contributed by atoms with Crippen molar-refractivity contribution < 1.29 is 18.0 Å². The molecule has 7 nitrogen and oxygen atoms in total. The Bertz CT molecular complexity index is 1460. The molecular weight excluding hydrogens is 661 g/mol. The highest BCUT2D eigenvalue weighted by atomic mass is 79.9. The van der Waals surface area contributed by atoms with Gasteiger partial charge in [0.1, 0.15) is 6.04 Å². The Labute approximate surface area is 267 Å². The van der Waals surface area contributed by atoms with Crippen molar-refractivity contribution in [3.63, 3.8) is 0 Å². The molecule has 3 aromatic rings. The monoisotopic (exact) mass is 695 g/mol. The number of unbranched alkanes of at least 4 members (excludes halogenated alkanes) is 1. The predicted octanol–water partition coefficient (Wildman–Crippen LogP) is 6.86. The predicted molar refractivity (Wildman–Crippen MR) is 174 cm³/mol. The van der Waals surface area contributed by atoms with Crippen molar-refractivity contribution in [3.05, 3.63) is 98.4 Å². The van der Waals surface area contributed by atoms with E-state index in [1.165, 1.54) is 12.1 Å². The molecule has 0 aliphatic heterocycles. The zero-order valence-corrected chi connectivity index (χ0v) is 27.6. The molecule has 0 bridgehead atoms. The first-order chi connectivity index (χ1) is 20.0. The van der Waals surface area contributed by atoms with Crippen LogP contribution in [0, 0.1) is 0 Å². The molecule has 0 heterocycles. The number of nitrogens with zero attached hydrogens (tertiary/aromatic N) is 2. The van der Waals surface area contributed by atoms with E-state index in [1.807, 2.05) is 61.5 Å². The van der Waals surface area contributed by atoms with Crippen molar-refractivity contribution in [1.82, 2.24) is 10.2 Å². The van der Waals surface area contributed by atoms with Crippen LogP contribution in [0.1, 0.15) is 43.7 Å². The summed E-state index contributed by atoms with van der Waals surface area (Å²) < 4.78 is 27.4. The van der Waals surface area contributed by atoms with E-state index in [4.69, 9.17) is 23.2 Å². The summed E-state index contributed by atoms with van der Waals surface area (Å²) in [5.41, 5.74) is 2.04. The molecule has 0 aliphatic carbocycles. The minimum absolute atomic E-state index is 0.0153. The smallest absolute Gasteiger partial charge is 0.243 e. The molecule has 3 rings (SSSR count). The summed E-state index contributed by atoms with van der Waals surface area (Å²) in [5.74, 6) is -0.480. The number of benzene rings is 3. The lowest BCUT2D eigenvalue weighted by Crippen LogP contribution is -2.50. The van der Waals surface area contributed by atoms with Crippen molar-refractivity contribution in [2.75, 3.05) is 23.7 Å². The average Bonchev–Trinajstić information content (AvgIpc) is 2.94. The summed E-state index contributed by atoms with van der Waals surface area (Å²) in [7, 11) is -3.72. The van der Waals surface area contributed by atoms with Gasteiger partial charge in [0.2, 0.25) is 21.8 Å². The number of hydrogen-bond acceptors (Lipinski definition) is 4. The number of anilines is 1. The zero-order valence-electron chi connectivity index (χ0n) is 23.7. The van der Waals surface area contributed by atoms with Crippen LogP contribution in [-0.2, 0) is 32.6 Å². The Balaban J connectivity index is 1.89. The molecule has 11 heteroatoms. The highest BCUT2D eigenvalue weighted by Crippen LogP contribution is 2.31. The van der Waals surface area contributed by atoms with Crippen LogP contribution in [0.25, 0.3) is 0 Å². The van der Waals surface area contributed by atoms with E-state index in [0.29, 0.717) is 18.0 Å². The molecule has 0 aliphatic rings. The van der Waals surface area contributed by atoms with Gasteiger partial charge in [-0.05, 0) is 54.3 Å². The summed E-state index contributed by atoms with van der Waals surface area (Å²) in [6.45, 7) is 2.80. The van der Waals surface area contributed by atoms with Gasteiger partial charge in [0.15, 0.2) is 0 Å². The molecule has 1 N–H and O–H groups in total. The lowest BCUT2D eigenvalue weighted by Gasteiger charge is -2.32. The van der Waals surface area contributed by atoms with Crippen LogP contribution in [-0.4, -0.2) is 50.5 Å². The number of halogens is 3. The fourth-order valence-corrected chi connectivity index (χ4v) is 6.40. The Morgan fingerprint density at radius 3 is 2.33 bits per heavy atom. The van der Waals surface area contributed by atoms with E-state index in [0.717, 1.165) is 39.0 Å². The molecule has 1 atom stereocenters. The third-order valence-electron chi connectivity index (χ3n) is 6.67. The van der Waals surface area contributed by atoms with Gasteiger partial charge in [0.25, 0.3) is 0 Å². The van der Waals surface area contributed by atoms with E-state index in [9.17, 15) is 18.0 Å². The van der Waals surface area contributed by atoms with Gasteiger partial charge in [-0.15, -0.1) is 0 Å². The van der Waals surface area contributed by atoms with Gasteiger partial charge in [0.05, 0.1) is 17.0 Å². The topological polar surface area (TPSA) is 86.8 Å². The average molecular weight is 698 g/mol. The van der Waals surface area contributed by atoms with Gasteiger partial charge in [-0.1, -0.05) is 94.9 Å². The Kier molecular flexibility index (Phi) is 13.2. The maximum Gasteiger partial charge on any atom is 0.243 e. The number of sulfonamides is 1. The molecule has 0 saturated carbocycles. The van der Waals surface area contributed by atoms with Crippen LogP contribution in [0.3, 0.4) is 0 Å². The SMILES string of the molecule is CCCCNC(=O)C(Cc1ccccc1)N(Cc1cccc(Br)c1)C(=O)CCCN(c1cc(Cl)ccc1Cl)S(C)(=O)=O. The van der Waals surface area contributed by atoms with Crippen molar-refractivity contribution in [2.45, 2.75) is 51.6 Å². The van der Waals surface area contributed by atoms with Crippen LogP contribution < -0.4 is 9.62 Å². The van der Waals surface area contributed by atoms with Crippen molar-refractivity contribution >= 4 is 66.7 Å². The second-order valence-electron chi connectivity index (χ2n) is 10.0. The third kappa shape index (κ3) is 10.3. The molecule has 2 amide bonds. The van der Waals surface area contributed by atoms with Crippen LogP contribution in [0.15, 0.2) is 77.3 Å². The quantitative estimate of drug-likeness (QED) is 0.176. The summed E-state index contributed by atoms with van der Waals surface area (Å²) in [4.78, 5) is 29.1. The molecule has 42 heavy (non-hydrogen) atoms. The Morgan fingerprint density at radius 2 is 1.67 bits per heavy atom. The van der Waals surface area contributed by atoms with Gasteiger partial charge in [-0.25, -0.2) is 8.42 Å². The molecule has 0 aromatic heterocycles. The lowest BCUT2D eigenvalue weighted by molar-refractivity contribution is -0.141. The van der Waals surface area contributed by atoms with E-state index < -0.39 is 16.1 Å². The molecule has 0 fully saturated rings. The molecule has 0 saturated heterocycles. The van der Waals surface area contributed by atoms with Gasteiger partial charge >= 0.3 is 0 Å². The first-order valence-corrected chi connectivity index (χ1v) is 17.2. The normalized spacial score (nSPS) is 12.0. The largest absolute Gasteiger partial charge is 0.354 e. The van der Waals surface area contributed by atoms with E-state index in [1.54, 1.807) is 11.0 Å². The number of carbonyl (C=O) groups is 2. The summed E-state index contributed by atoms with van der Waals surface area (Å²) in [6.07, 6.45) is 3.41. The number of amides is 2. The van der Waals surface area contributed by atoms with E-state index >= 15 is 0 Å². The van der Waals surface area contributed by atoms with Crippen LogP contribution in [0.2, 0.25) is 10.0 Å². The minimum Gasteiger partial charge on any atom is -0.354 e. The van der Waals surface area contributed by atoms with Crippen LogP contribution >= 0.6 is 39.1 Å². The van der Waals surface area contributed by atoms with Gasteiger partial charge in [-0.3, -0.25) is 13.9 Å². The standard InChI is InChI=1S/C31H36BrCl2N3O4S/c1-3-4-17-35-31(39)29(20-23-10-6-5-7-11-23)36(22-24-12-8-13-25(32)19-24)30(38)14-9-18-37(42(2,40)41)28-21-26(33)15-16-27(28)34/h5-8,10-13,15-16,19,21,29H,3-4,9,14,17-18,20,22H2,1-2H3,(H,35,39). The fraction of sp³-hybridized carbons (Fsp3) is 0.355. The van der Waals surface area contributed by atoms with Crippen molar-refractivity contribution in [2.24, 2.45) is 0 Å². The number of hydrogen-bond donors (Lipinski definition) is 1. The third-order valence-corrected chi connectivity index (χ3v) is 8.90. The summed E-state index contributed by atoms with van der Waals surface area (Å²) in [5, 5.41) is 3.59. The number of carbonyl (C=O) groups excluding carboxylic acids is 2. The molecule has 3 aromatic carbocycles. The molecule has 0 spiro atoms. The van der Waals surface area contributed by atoms with Crippen molar-refractivity contribution in [1.29, 1.82) is 0 Å².